The van der Waals surface area contributed by atoms with Gasteiger partial charge >= 0.3 is 0 Å². The summed E-state index contributed by atoms with van der Waals surface area (Å²) < 4.78 is 1.89. The number of hydrogen-bond donors (Lipinski definition) is 0. The van der Waals surface area contributed by atoms with E-state index in [4.69, 9.17) is 4.99 Å². The summed E-state index contributed by atoms with van der Waals surface area (Å²) in [6, 6.07) is 16.7. The van der Waals surface area contributed by atoms with E-state index in [0.29, 0.717) is 5.92 Å². The summed E-state index contributed by atoms with van der Waals surface area (Å²) in [4.78, 5) is 7.72. The second-order valence-electron chi connectivity index (χ2n) is 7.06. The van der Waals surface area contributed by atoms with E-state index in [1.54, 1.807) is 11.3 Å². The Bertz CT molecular complexity index is 974. The lowest BCUT2D eigenvalue weighted by Gasteiger charge is -2.11. The average molecular weight is 379 g/mol. The molecule has 0 aliphatic carbocycles. The van der Waals surface area contributed by atoms with E-state index in [1.807, 2.05) is 31.9 Å². The quantitative estimate of drug-likeness (QED) is 0.564. The first-order chi connectivity index (χ1) is 12.9. The highest BCUT2D eigenvalue weighted by atomic mass is 32.1. The predicted molar refractivity (Wildman–Crippen MR) is 117 cm³/mol. The van der Waals surface area contributed by atoms with Gasteiger partial charge in [0.05, 0.1) is 17.6 Å². The summed E-state index contributed by atoms with van der Waals surface area (Å²) in [5, 5.41) is 6.72. The van der Waals surface area contributed by atoms with E-state index < -0.39 is 0 Å². The maximum atomic E-state index is 4.77. The molecule has 140 valence electrons. The Balaban J connectivity index is 1.88. The van der Waals surface area contributed by atoms with Crippen molar-refractivity contribution in [3.63, 3.8) is 0 Å². The Kier molecular flexibility index (Phi) is 5.91. The van der Waals surface area contributed by atoms with Gasteiger partial charge in [0.2, 0.25) is 4.80 Å². The van der Waals surface area contributed by atoms with Crippen LogP contribution in [0, 0.1) is 6.92 Å². The van der Waals surface area contributed by atoms with Crippen molar-refractivity contribution in [2.24, 2.45) is 10.1 Å². The van der Waals surface area contributed by atoms with Crippen LogP contribution in [0.25, 0.3) is 0 Å². The van der Waals surface area contributed by atoms with Gasteiger partial charge in [0.1, 0.15) is 0 Å². The molecular weight excluding hydrogens is 352 g/mol. The molecule has 5 heteroatoms. The molecule has 0 aliphatic rings. The normalized spacial score (nSPS) is 12.3. The zero-order valence-electron chi connectivity index (χ0n) is 16.5. The number of nitrogens with zero attached hydrogens (tertiary/aromatic N) is 4. The smallest absolute Gasteiger partial charge is 0.211 e. The molecule has 0 saturated heterocycles. The largest absolute Gasteiger partial charge is 0.378 e. The lowest BCUT2D eigenvalue weighted by Crippen LogP contribution is -2.11. The average Bonchev–Trinajstić information content (AvgIpc) is 3.00. The molecule has 0 bridgehead atoms. The Morgan fingerprint density at radius 1 is 1.00 bits per heavy atom. The second-order valence-corrected chi connectivity index (χ2v) is 7.90. The van der Waals surface area contributed by atoms with Gasteiger partial charge in [-0.15, -0.1) is 11.3 Å². The van der Waals surface area contributed by atoms with Crippen LogP contribution in [0.2, 0.25) is 0 Å². The number of rotatable bonds is 5. The summed E-state index contributed by atoms with van der Waals surface area (Å²) in [5.41, 5.74) is 5.57. The van der Waals surface area contributed by atoms with E-state index in [2.05, 4.69) is 77.8 Å². The van der Waals surface area contributed by atoms with E-state index in [1.165, 1.54) is 11.3 Å². The fraction of sp³-hybridized carbons (Fsp3) is 0.273. The van der Waals surface area contributed by atoms with Crippen molar-refractivity contribution in [1.29, 1.82) is 0 Å². The van der Waals surface area contributed by atoms with Gasteiger partial charge in [0.25, 0.3) is 0 Å². The lowest BCUT2D eigenvalue weighted by molar-refractivity contribution is 0.809. The minimum atomic E-state index is 0.524. The highest BCUT2D eigenvalue weighted by Crippen LogP contribution is 2.19. The molecule has 2 aromatic carbocycles. The number of thiazole rings is 1. The maximum Gasteiger partial charge on any atom is 0.211 e. The van der Waals surface area contributed by atoms with Crippen LogP contribution in [0.4, 0.5) is 11.4 Å². The monoisotopic (exact) mass is 378 g/mol. The van der Waals surface area contributed by atoms with Crippen LogP contribution in [0.3, 0.4) is 0 Å². The standard InChI is InChI=1S/C22H26N4S/c1-16(2)19-8-10-20(11-9-19)24-22-26(17(3)15-27-22)23-14-18-6-12-21(13-7-18)25(4)5/h6-16H,1-5H3. The first-order valence-electron chi connectivity index (χ1n) is 9.07. The molecule has 1 aromatic heterocycles. The highest BCUT2D eigenvalue weighted by molar-refractivity contribution is 7.07. The lowest BCUT2D eigenvalue weighted by atomic mass is 10.0. The van der Waals surface area contributed by atoms with Crippen molar-refractivity contribution in [1.82, 2.24) is 4.68 Å². The first-order valence-corrected chi connectivity index (χ1v) is 9.95. The Hall–Kier alpha value is -2.66. The maximum absolute atomic E-state index is 4.77. The van der Waals surface area contributed by atoms with Crippen LogP contribution in [0.15, 0.2) is 64.0 Å². The van der Waals surface area contributed by atoms with Crippen molar-refractivity contribution in [3.05, 3.63) is 75.5 Å². The van der Waals surface area contributed by atoms with Crippen LogP contribution in [0.5, 0.6) is 0 Å². The number of aromatic nitrogens is 1. The molecule has 0 unspecified atom stereocenters. The van der Waals surface area contributed by atoms with Crippen LogP contribution in [0.1, 0.15) is 36.6 Å². The van der Waals surface area contributed by atoms with Crippen molar-refractivity contribution in [3.8, 4) is 0 Å². The van der Waals surface area contributed by atoms with Gasteiger partial charge in [0.15, 0.2) is 0 Å². The molecule has 0 aliphatic heterocycles. The molecule has 3 aromatic rings. The topological polar surface area (TPSA) is 32.9 Å². The summed E-state index contributed by atoms with van der Waals surface area (Å²) in [5.74, 6) is 0.524. The van der Waals surface area contributed by atoms with Crippen molar-refractivity contribution in [2.45, 2.75) is 26.7 Å². The van der Waals surface area contributed by atoms with Gasteiger partial charge in [-0.1, -0.05) is 38.1 Å². The molecule has 0 N–H and O–H groups in total. The number of hydrogen-bond acceptors (Lipinski definition) is 4. The number of anilines is 1. The van der Waals surface area contributed by atoms with Crippen LogP contribution in [-0.2, 0) is 0 Å². The van der Waals surface area contributed by atoms with Crippen molar-refractivity contribution >= 4 is 28.9 Å². The molecule has 3 rings (SSSR count). The SMILES string of the molecule is Cc1csc(=Nc2ccc(C(C)C)cc2)n1N=Cc1ccc(N(C)C)cc1. The molecule has 27 heavy (non-hydrogen) atoms. The second kappa shape index (κ2) is 8.35. The minimum absolute atomic E-state index is 0.524. The molecule has 4 nitrogen and oxygen atoms in total. The third-order valence-corrected chi connectivity index (χ3v) is 5.30. The number of benzene rings is 2. The first kappa shape index (κ1) is 19.1. The van der Waals surface area contributed by atoms with Gasteiger partial charge in [-0.05, 0) is 48.2 Å². The van der Waals surface area contributed by atoms with Crippen LogP contribution in [-0.4, -0.2) is 25.0 Å². The summed E-state index contributed by atoms with van der Waals surface area (Å²) in [6.45, 7) is 6.44. The van der Waals surface area contributed by atoms with Gasteiger partial charge < -0.3 is 4.90 Å². The van der Waals surface area contributed by atoms with Gasteiger partial charge in [-0.3, -0.25) is 0 Å². The number of aryl methyl sites for hydroxylation is 1. The molecule has 0 spiro atoms. The van der Waals surface area contributed by atoms with Gasteiger partial charge in [0, 0.05) is 25.2 Å². The minimum Gasteiger partial charge on any atom is -0.378 e. The van der Waals surface area contributed by atoms with Crippen LogP contribution < -0.4 is 9.70 Å². The van der Waals surface area contributed by atoms with Gasteiger partial charge in [-0.25, -0.2) is 9.67 Å². The molecule has 0 saturated carbocycles. The zero-order chi connectivity index (χ0) is 19.4. The molecule has 1 heterocycles. The molecule has 0 fully saturated rings. The summed E-state index contributed by atoms with van der Waals surface area (Å²) in [7, 11) is 4.07. The Labute approximate surface area is 165 Å². The van der Waals surface area contributed by atoms with Crippen molar-refractivity contribution in [2.75, 3.05) is 19.0 Å². The predicted octanol–water partition coefficient (Wildman–Crippen LogP) is 5.16. The summed E-state index contributed by atoms with van der Waals surface area (Å²) >= 11 is 1.60. The third-order valence-electron chi connectivity index (χ3n) is 4.37. The fourth-order valence-corrected chi connectivity index (χ4v) is 3.45. The van der Waals surface area contributed by atoms with Crippen molar-refractivity contribution < 1.29 is 0 Å². The Morgan fingerprint density at radius 2 is 1.67 bits per heavy atom. The molecule has 0 radical (unpaired) electrons. The zero-order valence-corrected chi connectivity index (χ0v) is 17.4. The molecule has 0 atom stereocenters. The van der Waals surface area contributed by atoms with E-state index in [0.717, 1.165) is 21.7 Å². The van der Waals surface area contributed by atoms with E-state index >= 15 is 0 Å². The van der Waals surface area contributed by atoms with Gasteiger partial charge in [-0.2, -0.15) is 5.10 Å². The highest BCUT2D eigenvalue weighted by Gasteiger charge is 2.02. The fourth-order valence-electron chi connectivity index (χ4n) is 2.63. The Morgan fingerprint density at radius 3 is 2.26 bits per heavy atom. The molecular formula is C22H26N4S. The molecule has 0 amide bonds. The van der Waals surface area contributed by atoms with Crippen LogP contribution >= 0.6 is 11.3 Å². The van der Waals surface area contributed by atoms with E-state index in [-0.39, 0.29) is 0 Å². The third kappa shape index (κ3) is 4.74. The van der Waals surface area contributed by atoms with E-state index in [9.17, 15) is 0 Å². The summed E-state index contributed by atoms with van der Waals surface area (Å²) in [6.07, 6.45) is 1.88.